The molecule has 2 rings (SSSR count). The van der Waals surface area contributed by atoms with Crippen LogP contribution in [0.1, 0.15) is 17.8 Å². The van der Waals surface area contributed by atoms with Crippen LogP contribution >= 0.6 is 11.3 Å². The summed E-state index contributed by atoms with van der Waals surface area (Å²) in [5.41, 5.74) is 0. The Morgan fingerprint density at radius 3 is 2.95 bits per heavy atom. The third-order valence-corrected chi connectivity index (χ3v) is 5.07. The van der Waals surface area contributed by atoms with Gasteiger partial charge in [-0.05, 0) is 18.4 Å². The Kier molecular flexibility index (Phi) is 4.21. The Morgan fingerprint density at radius 2 is 2.35 bits per heavy atom. The molecule has 7 nitrogen and oxygen atoms in total. The summed E-state index contributed by atoms with van der Waals surface area (Å²) in [5, 5.41) is 14.2. The minimum absolute atomic E-state index is 0.0536. The van der Waals surface area contributed by atoms with E-state index in [0.717, 1.165) is 15.8 Å². The van der Waals surface area contributed by atoms with E-state index >= 15 is 0 Å². The third-order valence-electron chi connectivity index (χ3n) is 2.52. The van der Waals surface area contributed by atoms with Gasteiger partial charge in [-0.25, -0.2) is 13.1 Å². The molecule has 2 N–H and O–H groups in total. The highest BCUT2D eigenvalue weighted by Crippen LogP contribution is 2.20. The predicted octanol–water partition coefficient (Wildman–Crippen LogP) is 1.07. The van der Waals surface area contributed by atoms with E-state index in [1.54, 1.807) is 6.92 Å². The maximum Gasteiger partial charge on any atom is 0.325 e. The minimum Gasteiger partial charge on any atom is -0.480 e. The summed E-state index contributed by atoms with van der Waals surface area (Å²) in [7, 11) is -3.72. The second kappa shape index (κ2) is 5.73. The molecule has 2 heterocycles. The van der Waals surface area contributed by atoms with Crippen LogP contribution in [0.25, 0.3) is 0 Å². The number of aromatic nitrogens is 2. The van der Waals surface area contributed by atoms with Crippen molar-refractivity contribution in [2.24, 2.45) is 0 Å². The topological polar surface area (TPSA) is 101 Å². The molecule has 1 atom stereocenters. The zero-order valence-corrected chi connectivity index (χ0v) is 12.2. The first-order valence-corrected chi connectivity index (χ1v) is 8.05. The van der Waals surface area contributed by atoms with Gasteiger partial charge in [-0.1, -0.05) is 6.07 Å². The average Bonchev–Trinajstić information content (AvgIpc) is 2.97. The van der Waals surface area contributed by atoms with Gasteiger partial charge in [0, 0.05) is 11.1 Å². The standard InChI is InChI=1S/C11H13N3O4S2/c1-8(10-3-2-4-19-10)13-20(17,18)9-5-12-14(6-9)7-11(15)16/h2-6,8,13H,7H2,1H3,(H,15,16)/t8-/m1/s1. The molecular weight excluding hydrogens is 302 g/mol. The lowest BCUT2D eigenvalue weighted by Gasteiger charge is -2.11. The summed E-state index contributed by atoms with van der Waals surface area (Å²) >= 11 is 1.46. The van der Waals surface area contributed by atoms with Gasteiger partial charge in [0.1, 0.15) is 11.4 Å². The Balaban J connectivity index is 2.14. The summed E-state index contributed by atoms with van der Waals surface area (Å²) in [6.07, 6.45) is 2.32. The van der Waals surface area contributed by atoms with Crippen LogP contribution in [-0.2, 0) is 21.4 Å². The van der Waals surface area contributed by atoms with Crippen LogP contribution < -0.4 is 4.72 Å². The van der Waals surface area contributed by atoms with Gasteiger partial charge in [-0.2, -0.15) is 5.10 Å². The zero-order chi connectivity index (χ0) is 14.8. The largest absolute Gasteiger partial charge is 0.480 e. The van der Waals surface area contributed by atoms with Gasteiger partial charge in [0.25, 0.3) is 0 Å². The van der Waals surface area contributed by atoms with E-state index in [1.807, 2.05) is 17.5 Å². The van der Waals surface area contributed by atoms with Crippen molar-refractivity contribution in [1.29, 1.82) is 0 Å². The molecule has 0 aliphatic rings. The fraction of sp³-hybridized carbons (Fsp3) is 0.273. The van der Waals surface area contributed by atoms with Crippen molar-refractivity contribution >= 4 is 27.3 Å². The number of carbonyl (C=O) groups is 1. The average molecular weight is 315 g/mol. The molecule has 0 radical (unpaired) electrons. The van der Waals surface area contributed by atoms with Gasteiger partial charge < -0.3 is 5.11 Å². The molecule has 0 amide bonds. The molecule has 9 heteroatoms. The zero-order valence-electron chi connectivity index (χ0n) is 10.6. The fourth-order valence-electron chi connectivity index (χ4n) is 1.60. The molecule has 0 aliphatic heterocycles. The highest BCUT2D eigenvalue weighted by molar-refractivity contribution is 7.89. The highest BCUT2D eigenvalue weighted by Gasteiger charge is 2.21. The monoisotopic (exact) mass is 315 g/mol. The van der Waals surface area contributed by atoms with Gasteiger partial charge in [-0.3, -0.25) is 9.48 Å². The van der Waals surface area contributed by atoms with Gasteiger partial charge in [0.2, 0.25) is 10.0 Å². The molecule has 0 aliphatic carbocycles. The fourth-order valence-corrected chi connectivity index (χ4v) is 3.59. The Morgan fingerprint density at radius 1 is 1.60 bits per heavy atom. The number of sulfonamides is 1. The first-order valence-electron chi connectivity index (χ1n) is 5.68. The Labute approximate surface area is 119 Å². The quantitative estimate of drug-likeness (QED) is 0.830. The van der Waals surface area contributed by atoms with E-state index < -0.39 is 16.0 Å². The normalized spacial score (nSPS) is 13.2. The van der Waals surface area contributed by atoms with Crippen molar-refractivity contribution < 1.29 is 18.3 Å². The van der Waals surface area contributed by atoms with Crippen LogP contribution in [0.3, 0.4) is 0 Å². The molecule has 0 saturated carbocycles. The SMILES string of the molecule is C[C@@H](NS(=O)(=O)c1cnn(CC(=O)O)c1)c1cccs1. The lowest BCUT2D eigenvalue weighted by atomic mass is 10.3. The minimum atomic E-state index is -3.72. The van der Waals surface area contributed by atoms with Crippen LogP contribution in [0.4, 0.5) is 0 Å². The molecule has 0 spiro atoms. The van der Waals surface area contributed by atoms with Gasteiger partial charge in [-0.15, -0.1) is 11.3 Å². The second-order valence-electron chi connectivity index (χ2n) is 4.13. The first kappa shape index (κ1) is 14.7. The molecule has 2 aromatic heterocycles. The Bertz CT molecular complexity index is 691. The van der Waals surface area contributed by atoms with E-state index in [4.69, 9.17) is 5.11 Å². The molecule has 108 valence electrons. The number of aliphatic carboxylic acids is 1. The summed E-state index contributed by atoms with van der Waals surface area (Å²) in [4.78, 5) is 11.4. The molecule has 0 aromatic carbocycles. The van der Waals surface area contributed by atoms with Crippen LogP contribution in [0.5, 0.6) is 0 Å². The van der Waals surface area contributed by atoms with Crippen LogP contribution in [0.15, 0.2) is 34.8 Å². The van der Waals surface area contributed by atoms with E-state index in [0.29, 0.717) is 0 Å². The number of nitrogens with one attached hydrogen (secondary N) is 1. The lowest BCUT2D eigenvalue weighted by molar-refractivity contribution is -0.137. The number of thiophene rings is 1. The van der Waals surface area contributed by atoms with E-state index in [9.17, 15) is 13.2 Å². The summed E-state index contributed by atoms with van der Waals surface area (Å²) in [6, 6.07) is 3.32. The van der Waals surface area contributed by atoms with Gasteiger partial charge >= 0.3 is 5.97 Å². The van der Waals surface area contributed by atoms with Crippen molar-refractivity contribution in [3.8, 4) is 0 Å². The molecule has 0 unspecified atom stereocenters. The molecular formula is C11H13N3O4S2. The maximum atomic E-state index is 12.1. The van der Waals surface area contributed by atoms with Crippen molar-refractivity contribution in [1.82, 2.24) is 14.5 Å². The molecule has 0 fully saturated rings. The number of carboxylic acids is 1. The number of hydrogen-bond donors (Lipinski definition) is 2. The molecule has 20 heavy (non-hydrogen) atoms. The van der Waals surface area contributed by atoms with E-state index in [-0.39, 0.29) is 17.5 Å². The van der Waals surface area contributed by atoms with Crippen molar-refractivity contribution in [3.63, 3.8) is 0 Å². The lowest BCUT2D eigenvalue weighted by Crippen LogP contribution is -2.26. The summed E-state index contributed by atoms with van der Waals surface area (Å²) < 4.78 is 27.8. The van der Waals surface area contributed by atoms with Crippen molar-refractivity contribution in [3.05, 3.63) is 34.8 Å². The third kappa shape index (κ3) is 3.44. The second-order valence-corrected chi connectivity index (χ2v) is 6.82. The number of nitrogens with zero attached hydrogens (tertiary/aromatic N) is 2. The predicted molar refractivity (Wildman–Crippen MR) is 72.9 cm³/mol. The molecule has 2 aromatic rings. The number of hydrogen-bond acceptors (Lipinski definition) is 5. The molecule has 0 saturated heterocycles. The Hall–Kier alpha value is -1.71. The maximum absolute atomic E-state index is 12.1. The highest BCUT2D eigenvalue weighted by atomic mass is 32.2. The van der Waals surface area contributed by atoms with E-state index in [2.05, 4.69) is 9.82 Å². The van der Waals surface area contributed by atoms with Crippen LogP contribution in [0.2, 0.25) is 0 Å². The number of carboxylic acid groups (broad SMARTS) is 1. The van der Waals surface area contributed by atoms with E-state index in [1.165, 1.54) is 17.5 Å². The smallest absolute Gasteiger partial charge is 0.325 e. The molecule has 0 bridgehead atoms. The van der Waals surface area contributed by atoms with Gasteiger partial charge in [0.15, 0.2) is 0 Å². The first-order chi connectivity index (χ1) is 9.38. The summed E-state index contributed by atoms with van der Waals surface area (Å²) in [6.45, 7) is 1.36. The van der Waals surface area contributed by atoms with Crippen LogP contribution in [-0.4, -0.2) is 29.3 Å². The summed E-state index contributed by atoms with van der Waals surface area (Å²) in [5.74, 6) is -1.09. The van der Waals surface area contributed by atoms with Gasteiger partial charge in [0.05, 0.1) is 12.2 Å². The number of rotatable bonds is 6. The van der Waals surface area contributed by atoms with Crippen molar-refractivity contribution in [2.75, 3.05) is 0 Å². The van der Waals surface area contributed by atoms with Crippen LogP contribution in [0, 0.1) is 0 Å². The van der Waals surface area contributed by atoms with Crippen molar-refractivity contribution in [2.45, 2.75) is 24.4 Å².